The molecule has 30 heavy (non-hydrogen) atoms. The number of hydrogen-bond donors (Lipinski definition) is 1. The lowest BCUT2D eigenvalue weighted by atomic mass is 9.73. The standard InChI is InChI=1S/C26H37N3O/c1-17-6-8-20-14-21-9-7-18(2)12-24(21)25(23(20)11-17)13-19(3)28-16-26(30)29-10-4-5-22(29)15-27/h14,17-19,22,28H,4-13,16H2,1-3H3. The Morgan fingerprint density at radius 3 is 2.40 bits per heavy atom. The van der Waals surface area contributed by atoms with Gasteiger partial charge in [0.1, 0.15) is 6.04 Å². The molecule has 4 nitrogen and oxygen atoms in total. The minimum Gasteiger partial charge on any atom is -0.326 e. The normalized spacial score (nSPS) is 26.6. The van der Waals surface area contributed by atoms with Gasteiger partial charge in [0.05, 0.1) is 12.6 Å². The molecular weight excluding hydrogens is 370 g/mol. The van der Waals surface area contributed by atoms with Gasteiger partial charge in [-0.2, -0.15) is 5.26 Å². The topological polar surface area (TPSA) is 56.1 Å². The van der Waals surface area contributed by atoms with Crippen LogP contribution in [-0.2, 0) is 36.9 Å². The molecule has 1 N–H and O–H groups in total. The second-order valence-corrected chi connectivity index (χ2v) is 10.2. The summed E-state index contributed by atoms with van der Waals surface area (Å²) < 4.78 is 0. The predicted molar refractivity (Wildman–Crippen MR) is 120 cm³/mol. The van der Waals surface area contributed by atoms with Crippen LogP contribution in [-0.4, -0.2) is 36.0 Å². The zero-order valence-electron chi connectivity index (χ0n) is 19.0. The maximum absolute atomic E-state index is 12.6. The molecule has 162 valence electrons. The Kier molecular flexibility index (Phi) is 6.48. The Bertz CT molecular complexity index is 801. The molecule has 4 rings (SSSR count). The number of nitrogens with one attached hydrogen (secondary N) is 1. The summed E-state index contributed by atoms with van der Waals surface area (Å²) in [7, 11) is 0. The lowest BCUT2D eigenvalue weighted by Gasteiger charge is -2.32. The molecule has 1 aromatic carbocycles. The molecule has 1 heterocycles. The largest absolute Gasteiger partial charge is 0.326 e. The van der Waals surface area contributed by atoms with E-state index in [-0.39, 0.29) is 18.0 Å². The van der Waals surface area contributed by atoms with E-state index in [4.69, 9.17) is 0 Å². The Hall–Kier alpha value is -1.86. The lowest BCUT2D eigenvalue weighted by Crippen LogP contribution is -2.43. The molecule has 0 bridgehead atoms. The van der Waals surface area contributed by atoms with Gasteiger partial charge in [-0.1, -0.05) is 19.9 Å². The zero-order valence-corrected chi connectivity index (χ0v) is 19.0. The van der Waals surface area contributed by atoms with Crippen molar-refractivity contribution in [2.75, 3.05) is 13.1 Å². The van der Waals surface area contributed by atoms with Gasteiger partial charge in [0.25, 0.3) is 0 Å². The maximum Gasteiger partial charge on any atom is 0.237 e. The van der Waals surface area contributed by atoms with Crippen molar-refractivity contribution < 1.29 is 4.79 Å². The smallest absolute Gasteiger partial charge is 0.237 e. The van der Waals surface area contributed by atoms with Crippen molar-refractivity contribution in [1.82, 2.24) is 10.2 Å². The molecule has 4 atom stereocenters. The highest BCUT2D eigenvalue weighted by atomic mass is 16.2. The van der Waals surface area contributed by atoms with Gasteiger partial charge in [-0.25, -0.2) is 0 Å². The van der Waals surface area contributed by atoms with Crippen LogP contribution in [0.5, 0.6) is 0 Å². The Morgan fingerprint density at radius 1 is 1.17 bits per heavy atom. The van der Waals surface area contributed by atoms with Crippen molar-refractivity contribution >= 4 is 5.91 Å². The monoisotopic (exact) mass is 407 g/mol. The molecule has 0 spiro atoms. The first-order chi connectivity index (χ1) is 14.5. The van der Waals surface area contributed by atoms with E-state index in [1.807, 2.05) is 0 Å². The van der Waals surface area contributed by atoms with Crippen LogP contribution in [0.25, 0.3) is 0 Å². The van der Waals surface area contributed by atoms with E-state index in [0.717, 1.165) is 37.6 Å². The number of nitriles is 1. The molecule has 0 aromatic heterocycles. The van der Waals surface area contributed by atoms with Gasteiger partial charge >= 0.3 is 0 Å². The number of benzene rings is 1. The maximum atomic E-state index is 12.6. The second-order valence-electron chi connectivity index (χ2n) is 10.2. The summed E-state index contributed by atoms with van der Waals surface area (Å²) in [5.74, 6) is 1.60. The fourth-order valence-corrected chi connectivity index (χ4v) is 5.80. The van der Waals surface area contributed by atoms with Gasteiger partial charge in [-0.15, -0.1) is 0 Å². The van der Waals surface area contributed by atoms with Crippen LogP contribution in [0.4, 0.5) is 0 Å². The van der Waals surface area contributed by atoms with Crippen LogP contribution in [0.1, 0.15) is 74.3 Å². The number of carbonyl (C=O) groups excluding carboxylic acids is 1. The first kappa shape index (κ1) is 21.4. The summed E-state index contributed by atoms with van der Waals surface area (Å²) in [6.07, 6.45) is 10.2. The van der Waals surface area contributed by atoms with E-state index in [0.29, 0.717) is 6.54 Å². The fourth-order valence-electron chi connectivity index (χ4n) is 5.80. The number of carbonyl (C=O) groups is 1. The average Bonchev–Trinajstić information content (AvgIpc) is 3.21. The highest BCUT2D eigenvalue weighted by Gasteiger charge is 2.29. The number of likely N-dealkylation sites (tertiary alicyclic amines) is 1. The van der Waals surface area contributed by atoms with Gasteiger partial charge < -0.3 is 10.2 Å². The average molecular weight is 408 g/mol. The summed E-state index contributed by atoms with van der Waals surface area (Å²) in [6.45, 7) is 8.04. The lowest BCUT2D eigenvalue weighted by molar-refractivity contribution is -0.130. The number of nitrogens with zero attached hydrogens (tertiary/aromatic N) is 2. The molecule has 1 amide bonds. The second kappa shape index (κ2) is 9.10. The molecule has 1 aliphatic heterocycles. The number of amides is 1. The van der Waals surface area contributed by atoms with Crippen molar-refractivity contribution in [2.45, 2.75) is 90.6 Å². The first-order valence-corrected chi connectivity index (χ1v) is 12.0. The van der Waals surface area contributed by atoms with E-state index in [2.05, 4.69) is 38.2 Å². The molecule has 0 radical (unpaired) electrons. The number of aryl methyl sites for hydroxylation is 2. The predicted octanol–water partition coefficient (Wildman–Crippen LogP) is 3.97. The molecule has 0 saturated carbocycles. The zero-order chi connectivity index (χ0) is 21.3. The Morgan fingerprint density at radius 2 is 1.80 bits per heavy atom. The Balaban J connectivity index is 1.49. The molecule has 1 aromatic rings. The highest BCUT2D eigenvalue weighted by Crippen LogP contribution is 2.37. The quantitative estimate of drug-likeness (QED) is 0.803. The number of hydrogen-bond acceptors (Lipinski definition) is 3. The van der Waals surface area contributed by atoms with Crippen molar-refractivity contribution in [3.05, 3.63) is 33.9 Å². The molecular formula is C26H37N3O. The van der Waals surface area contributed by atoms with Crippen molar-refractivity contribution in [3.63, 3.8) is 0 Å². The molecule has 2 aliphatic carbocycles. The molecule has 4 heteroatoms. The highest BCUT2D eigenvalue weighted by molar-refractivity contribution is 5.79. The summed E-state index contributed by atoms with van der Waals surface area (Å²) >= 11 is 0. The number of rotatable bonds is 5. The van der Waals surface area contributed by atoms with Crippen molar-refractivity contribution in [2.24, 2.45) is 11.8 Å². The fraction of sp³-hybridized carbons (Fsp3) is 0.692. The van der Waals surface area contributed by atoms with Gasteiger partial charge in [0.2, 0.25) is 5.91 Å². The van der Waals surface area contributed by atoms with Crippen LogP contribution in [0.3, 0.4) is 0 Å². The third-order valence-corrected chi connectivity index (χ3v) is 7.60. The summed E-state index contributed by atoms with van der Waals surface area (Å²) in [5, 5.41) is 12.7. The van der Waals surface area contributed by atoms with Gasteiger partial charge in [0.15, 0.2) is 0 Å². The number of fused-ring (bicyclic) bond motifs is 2. The molecule has 4 unspecified atom stereocenters. The van der Waals surface area contributed by atoms with E-state index < -0.39 is 0 Å². The van der Waals surface area contributed by atoms with Gasteiger partial charge in [-0.05, 0) is 104 Å². The van der Waals surface area contributed by atoms with Crippen molar-refractivity contribution in [1.29, 1.82) is 5.26 Å². The summed E-state index contributed by atoms with van der Waals surface area (Å²) in [4.78, 5) is 14.4. The molecule has 3 aliphatic rings. The van der Waals surface area contributed by atoms with Crippen molar-refractivity contribution in [3.8, 4) is 6.07 Å². The van der Waals surface area contributed by atoms with Crippen LogP contribution >= 0.6 is 0 Å². The summed E-state index contributed by atoms with van der Waals surface area (Å²) in [6, 6.07) is 4.83. The SMILES string of the molecule is CC1CCc2cc3c(c(CC(C)NCC(=O)N4CCCC4C#N)c2C1)CC(C)CC3. The van der Waals surface area contributed by atoms with Crippen LogP contribution in [0.2, 0.25) is 0 Å². The van der Waals surface area contributed by atoms with E-state index in [1.165, 1.54) is 38.5 Å². The van der Waals surface area contributed by atoms with Gasteiger partial charge in [0, 0.05) is 12.6 Å². The van der Waals surface area contributed by atoms with Gasteiger partial charge in [-0.3, -0.25) is 4.79 Å². The van der Waals surface area contributed by atoms with E-state index in [9.17, 15) is 10.1 Å². The molecule has 1 saturated heterocycles. The Labute approximate surface area is 182 Å². The third kappa shape index (κ3) is 4.42. The van der Waals surface area contributed by atoms with Crippen LogP contribution < -0.4 is 5.32 Å². The minimum absolute atomic E-state index is 0.0743. The summed E-state index contributed by atoms with van der Waals surface area (Å²) in [5.41, 5.74) is 8.00. The minimum atomic E-state index is -0.231. The van der Waals surface area contributed by atoms with E-state index in [1.54, 1.807) is 32.7 Å². The third-order valence-electron chi connectivity index (χ3n) is 7.60. The first-order valence-electron chi connectivity index (χ1n) is 12.0. The van der Waals surface area contributed by atoms with Crippen LogP contribution in [0.15, 0.2) is 6.07 Å². The van der Waals surface area contributed by atoms with Crippen LogP contribution in [0, 0.1) is 23.2 Å². The molecule has 1 fully saturated rings. The van der Waals surface area contributed by atoms with E-state index >= 15 is 0 Å².